The second kappa shape index (κ2) is 7.80. The van der Waals surface area contributed by atoms with Gasteiger partial charge in [0.05, 0.1) is 27.8 Å². The van der Waals surface area contributed by atoms with E-state index >= 15 is 0 Å². The Morgan fingerprint density at radius 3 is 2.42 bits per heavy atom. The first-order valence-corrected chi connectivity index (χ1v) is 10.2. The molecule has 7 heteroatoms. The Bertz CT molecular complexity index is 783. The van der Waals surface area contributed by atoms with E-state index in [1.807, 2.05) is 19.1 Å². The van der Waals surface area contributed by atoms with E-state index in [0.717, 1.165) is 22.2 Å². The van der Waals surface area contributed by atoms with Gasteiger partial charge in [-0.2, -0.15) is 9.40 Å². The van der Waals surface area contributed by atoms with Crippen LogP contribution in [0.1, 0.15) is 32.0 Å². The van der Waals surface area contributed by atoms with E-state index in [1.165, 1.54) is 4.31 Å². The minimum Gasteiger partial charge on any atom is -0.267 e. The van der Waals surface area contributed by atoms with Crippen LogP contribution in [-0.2, 0) is 29.5 Å². The summed E-state index contributed by atoms with van der Waals surface area (Å²) in [4.78, 5) is 0.316. The van der Waals surface area contributed by atoms with Crippen molar-refractivity contribution in [3.05, 3.63) is 46.2 Å². The number of aromatic nitrogens is 2. The van der Waals surface area contributed by atoms with Gasteiger partial charge in [0.25, 0.3) is 0 Å². The van der Waals surface area contributed by atoms with Crippen molar-refractivity contribution in [3.8, 4) is 0 Å². The van der Waals surface area contributed by atoms with Crippen molar-refractivity contribution >= 4 is 26.0 Å². The predicted octanol–water partition coefficient (Wildman–Crippen LogP) is 3.68. The summed E-state index contributed by atoms with van der Waals surface area (Å²) >= 11 is 3.44. The summed E-state index contributed by atoms with van der Waals surface area (Å²) in [7, 11) is -1.94. The first-order chi connectivity index (χ1) is 11.3. The van der Waals surface area contributed by atoms with Crippen LogP contribution >= 0.6 is 15.9 Å². The van der Waals surface area contributed by atoms with Crippen LogP contribution in [0, 0.1) is 5.92 Å². The third-order valence-electron chi connectivity index (χ3n) is 3.85. The van der Waals surface area contributed by atoms with Gasteiger partial charge in [0.1, 0.15) is 0 Å². The molecular formula is C17H24BrN3O2S. The minimum absolute atomic E-state index is 0.268. The molecule has 1 aromatic heterocycles. The first-order valence-electron chi connectivity index (χ1n) is 8.01. The second-order valence-corrected chi connectivity index (χ2v) is 9.16. The highest BCUT2D eigenvalue weighted by molar-refractivity contribution is 9.10. The van der Waals surface area contributed by atoms with Gasteiger partial charge >= 0.3 is 0 Å². The quantitative estimate of drug-likeness (QED) is 0.695. The largest absolute Gasteiger partial charge is 0.267 e. The number of hydrogen-bond donors (Lipinski definition) is 0. The van der Waals surface area contributed by atoms with Crippen molar-refractivity contribution < 1.29 is 8.42 Å². The molecule has 0 saturated carbocycles. The molecule has 0 atom stereocenters. The van der Waals surface area contributed by atoms with Crippen molar-refractivity contribution in [2.45, 2.75) is 45.2 Å². The molecule has 24 heavy (non-hydrogen) atoms. The molecule has 0 radical (unpaired) electrons. The molecule has 1 heterocycles. The zero-order chi connectivity index (χ0) is 17.9. The lowest BCUT2D eigenvalue weighted by molar-refractivity contribution is 0.446. The average molecular weight is 414 g/mol. The summed E-state index contributed by atoms with van der Waals surface area (Å²) in [5, 5.41) is 4.23. The van der Waals surface area contributed by atoms with E-state index in [-0.39, 0.29) is 6.54 Å². The SMILES string of the molecule is CCn1ncc(Br)c1CN(C)S(=O)(=O)c1ccc(CC(C)C)cc1. The van der Waals surface area contributed by atoms with Crippen LogP contribution < -0.4 is 0 Å². The van der Waals surface area contributed by atoms with Crippen molar-refractivity contribution in [2.75, 3.05) is 7.05 Å². The standard InChI is InChI=1S/C17H24BrN3O2S/c1-5-21-17(16(18)11-19-21)12-20(4)24(22,23)15-8-6-14(7-9-15)10-13(2)3/h6-9,11,13H,5,10,12H2,1-4H3. The number of rotatable bonds is 7. The molecule has 5 nitrogen and oxygen atoms in total. The average Bonchev–Trinajstić information content (AvgIpc) is 2.87. The Morgan fingerprint density at radius 1 is 1.25 bits per heavy atom. The highest BCUT2D eigenvalue weighted by atomic mass is 79.9. The molecule has 0 spiro atoms. The fourth-order valence-electron chi connectivity index (χ4n) is 2.56. The van der Waals surface area contributed by atoms with Crippen molar-refractivity contribution in [2.24, 2.45) is 5.92 Å². The molecule has 0 aliphatic heterocycles. The molecule has 0 fully saturated rings. The van der Waals surface area contributed by atoms with E-state index in [2.05, 4.69) is 34.9 Å². The van der Waals surface area contributed by atoms with E-state index in [1.54, 1.807) is 30.1 Å². The third-order valence-corrected chi connectivity index (χ3v) is 6.33. The Kier molecular flexibility index (Phi) is 6.22. The third kappa shape index (κ3) is 4.26. The number of benzene rings is 1. The lowest BCUT2D eigenvalue weighted by Crippen LogP contribution is -2.28. The first kappa shape index (κ1) is 19.1. The van der Waals surface area contributed by atoms with Crippen LogP contribution in [0.4, 0.5) is 0 Å². The zero-order valence-electron chi connectivity index (χ0n) is 14.5. The van der Waals surface area contributed by atoms with E-state index in [9.17, 15) is 8.42 Å². The highest BCUT2D eigenvalue weighted by Crippen LogP contribution is 2.22. The maximum Gasteiger partial charge on any atom is 0.243 e. The van der Waals surface area contributed by atoms with Gasteiger partial charge in [0.2, 0.25) is 10.0 Å². The molecule has 0 saturated heterocycles. The van der Waals surface area contributed by atoms with E-state index in [4.69, 9.17) is 0 Å². The Balaban J connectivity index is 2.21. The molecule has 1 aromatic carbocycles. The number of nitrogens with zero attached hydrogens (tertiary/aromatic N) is 3. The van der Waals surface area contributed by atoms with E-state index < -0.39 is 10.0 Å². The van der Waals surface area contributed by atoms with Gasteiger partial charge in [-0.25, -0.2) is 8.42 Å². The molecule has 2 aromatic rings. The van der Waals surface area contributed by atoms with Crippen molar-refractivity contribution in [1.82, 2.24) is 14.1 Å². The Morgan fingerprint density at radius 2 is 1.88 bits per heavy atom. The summed E-state index contributed by atoms with van der Waals surface area (Å²) in [5.41, 5.74) is 2.00. The summed E-state index contributed by atoms with van der Waals surface area (Å²) in [5.74, 6) is 0.543. The van der Waals surface area contributed by atoms with Crippen LogP contribution in [0.25, 0.3) is 0 Å². The fraction of sp³-hybridized carbons (Fsp3) is 0.471. The topological polar surface area (TPSA) is 55.2 Å². The molecule has 0 amide bonds. The molecule has 0 N–H and O–H groups in total. The zero-order valence-corrected chi connectivity index (χ0v) is 16.9. The lowest BCUT2D eigenvalue weighted by atomic mass is 10.0. The van der Waals surface area contributed by atoms with Crippen LogP contribution in [0.5, 0.6) is 0 Å². The van der Waals surface area contributed by atoms with Gasteiger partial charge in [0, 0.05) is 13.6 Å². The van der Waals surface area contributed by atoms with Gasteiger partial charge in [0.15, 0.2) is 0 Å². The van der Waals surface area contributed by atoms with Gasteiger partial charge in [-0.3, -0.25) is 4.68 Å². The lowest BCUT2D eigenvalue weighted by Gasteiger charge is -2.18. The summed E-state index contributed by atoms with van der Waals surface area (Å²) in [6.45, 7) is 7.23. The van der Waals surface area contributed by atoms with Crippen LogP contribution in [0.15, 0.2) is 39.8 Å². The van der Waals surface area contributed by atoms with Crippen molar-refractivity contribution in [1.29, 1.82) is 0 Å². The molecule has 2 rings (SSSR count). The minimum atomic E-state index is -3.53. The number of hydrogen-bond acceptors (Lipinski definition) is 3. The molecule has 0 unspecified atom stereocenters. The smallest absolute Gasteiger partial charge is 0.243 e. The van der Waals surface area contributed by atoms with Gasteiger partial charge in [-0.1, -0.05) is 26.0 Å². The van der Waals surface area contributed by atoms with Gasteiger partial charge in [-0.05, 0) is 52.9 Å². The maximum atomic E-state index is 12.8. The van der Waals surface area contributed by atoms with Gasteiger partial charge < -0.3 is 0 Å². The molecule has 0 aliphatic rings. The number of aryl methyl sites for hydroxylation is 1. The van der Waals surface area contributed by atoms with Crippen molar-refractivity contribution in [3.63, 3.8) is 0 Å². The fourth-order valence-corrected chi connectivity index (χ4v) is 4.12. The normalized spacial score (nSPS) is 12.3. The van der Waals surface area contributed by atoms with Crippen LogP contribution in [0.2, 0.25) is 0 Å². The predicted molar refractivity (Wildman–Crippen MR) is 99.2 cm³/mol. The second-order valence-electron chi connectivity index (χ2n) is 6.26. The highest BCUT2D eigenvalue weighted by Gasteiger charge is 2.23. The molecular weight excluding hydrogens is 390 g/mol. The van der Waals surface area contributed by atoms with Crippen LogP contribution in [-0.4, -0.2) is 29.6 Å². The Labute approximate surface area is 152 Å². The monoisotopic (exact) mass is 413 g/mol. The number of halogens is 1. The summed E-state index contributed by atoms with van der Waals surface area (Å²) in [6, 6.07) is 7.17. The van der Waals surface area contributed by atoms with Crippen LogP contribution in [0.3, 0.4) is 0 Å². The van der Waals surface area contributed by atoms with E-state index in [0.29, 0.717) is 17.4 Å². The molecule has 0 aliphatic carbocycles. The summed E-state index contributed by atoms with van der Waals surface area (Å²) in [6.07, 6.45) is 2.64. The molecule has 0 bridgehead atoms. The van der Waals surface area contributed by atoms with Gasteiger partial charge in [-0.15, -0.1) is 0 Å². The Hall–Kier alpha value is -1.18. The summed E-state index contributed by atoms with van der Waals surface area (Å²) < 4.78 is 29.5. The molecule has 132 valence electrons. The maximum absolute atomic E-state index is 12.8. The number of sulfonamides is 1.